The summed E-state index contributed by atoms with van der Waals surface area (Å²) >= 11 is 0. The minimum Gasteiger partial charge on any atom is -0.426 e. The monoisotopic (exact) mass is 436 g/mol. The number of hydrogen-bond donors (Lipinski definition) is 0. The van der Waals surface area contributed by atoms with Crippen molar-refractivity contribution < 1.29 is 9.53 Å². The molecule has 1 saturated carbocycles. The van der Waals surface area contributed by atoms with Crippen molar-refractivity contribution in [2.75, 3.05) is 0 Å². The zero-order valence-corrected chi connectivity index (χ0v) is 19.8. The summed E-state index contributed by atoms with van der Waals surface area (Å²) < 4.78 is 6.11. The molecule has 3 aromatic carbocycles. The fraction of sp³-hybridized carbons (Fsp3) is 0.345. The van der Waals surface area contributed by atoms with Crippen molar-refractivity contribution >= 4 is 27.8 Å². The Labute approximate surface area is 194 Å². The molecule has 2 unspecified atom stereocenters. The van der Waals surface area contributed by atoms with E-state index in [1.165, 1.54) is 11.1 Å². The summed E-state index contributed by atoms with van der Waals surface area (Å²) in [4.78, 5) is 24.2. The van der Waals surface area contributed by atoms with E-state index in [0.717, 1.165) is 46.0 Å². The molecule has 0 amide bonds. The molecule has 0 radical (unpaired) electrons. The first-order valence-electron chi connectivity index (χ1n) is 11.7. The Hall–Kier alpha value is -3.27. The molecule has 0 aliphatic heterocycles. The van der Waals surface area contributed by atoms with E-state index < -0.39 is 5.41 Å². The minimum atomic E-state index is -0.817. The van der Waals surface area contributed by atoms with E-state index in [-0.39, 0.29) is 16.8 Å². The number of nitrogens with zero attached hydrogens (tertiary/aromatic N) is 2. The molecule has 1 fully saturated rings. The van der Waals surface area contributed by atoms with Crippen molar-refractivity contribution in [1.82, 2.24) is 9.97 Å². The van der Waals surface area contributed by atoms with Gasteiger partial charge in [-0.1, -0.05) is 51.1 Å². The highest BCUT2D eigenvalue weighted by atomic mass is 16.5. The third-order valence-electron chi connectivity index (χ3n) is 8.93. The van der Waals surface area contributed by atoms with Gasteiger partial charge in [0, 0.05) is 5.41 Å². The van der Waals surface area contributed by atoms with Crippen LogP contribution in [-0.2, 0) is 15.6 Å². The lowest BCUT2D eigenvalue weighted by Crippen LogP contribution is -2.48. The zero-order chi connectivity index (χ0) is 23.2. The molecule has 2 aliphatic rings. The Kier molecular flexibility index (Phi) is 3.95. The molecule has 1 aromatic heterocycles. The molecule has 0 saturated heterocycles. The van der Waals surface area contributed by atoms with Crippen LogP contribution in [0.25, 0.3) is 21.8 Å². The first kappa shape index (κ1) is 20.3. The van der Waals surface area contributed by atoms with Gasteiger partial charge in [-0.25, -0.2) is 9.97 Å². The molecule has 6 rings (SSSR count). The van der Waals surface area contributed by atoms with Gasteiger partial charge in [0.25, 0.3) is 0 Å². The number of carbonyl (C=O) groups is 1. The van der Waals surface area contributed by atoms with Gasteiger partial charge >= 0.3 is 5.97 Å². The summed E-state index contributed by atoms with van der Waals surface area (Å²) in [6.07, 6.45) is 1.62. The van der Waals surface area contributed by atoms with Gasteiger partial charge in [0.15, 0.2) is 0 Å². The highest BCUT2D eigenvalue weighted by Crippen LogP contribution is 2.70. The van der Waals surface area contributed by atoms with Crippen molar-refractivity contribution in [2.45, 2.75) is 58.3 Å². The lowest BCUT2D eigenvalue weighted by molar-refractivity contribution is -0.145. The topological polar surface area (TPSA) is 52.1 Å². The average Bonchev–Trinajstić information content (AvgIpc) is 3.08. The predicted octanol–water partition coefficient (Wildman–Crippen LogP) is 6.33. The Morgan fingerprint density at radius 1 is 0.818 bits per heavy atom. The lowest BCUT2D eigenvalue weighted by atomic mass is 9.64. The molecular weight excluding hydrogens is 408 g/mol. The van der Waals surface area contributed by atoms with E-state index in [1.807, 2.05) is 36.4 Å². The summed E-state index contributed by atoms with van der Waals surface area (Å²) in [5, 5.41) is 2.18. The van der Waals surface area contributed by atoms with E-state index in [9.17, 15) is 4.79 Å². The maximum Gasteiger partial charge on any atom is 0.324 e. The second-order valence-electron chi connectivity index (χ2n) is 10.6. The summed E-state index contributed by atoms with van der Waals surface area (Å²) in [6.45, 7) is 10.8. The summed E-state index contributed by atoms with van der Waals surface area (Å²) in [5.41, 5.74) is 4.49. The van der Waals surface area contributed by atoms with E-state index in [1.54, 1.807) is 0 Å². The highest BCUT2D eigenvalue weighted by Gasteiger charge is 2.74. The minimum absolute atomic E-state index is 0.220. The third-order valence-corrected chi connectivity index (χ3v) is 8.93. The first-order chi connectivity index (χ1) is 15.7. The second kappa shape index (κ2) is 6.40. The number of carbonyl (C=O) groups excluding carboxylic acids is 1. The van der Waals surface area contributed by atoms with Crippen LogP contribution < -0.4 is 4.74 Å². The van der Waals surface area contributed by atoms with Gasteiger partial charge in [0.1, 0.15) is 11.2 Å². The smallest absolute Gasteiger partial charge is 0.324 e. The molecule has 4 aromatic rings. The maximum absolute atomic E-state index is 14.0. The quantitative estimate of drug-likeness (QED) is 0.272. The summed E-state index contributed by atoms with van der Waals surface area (Å²) in [7, 11) is 0. The number of aryl methyl sites for hydroxylation is 2. The molecule has 4 heteroatoms. The van der Waals surface area contributed by atoms with Crippen molar-refractivity contribution in [2.24, 2.45) is 5.41 Å². The molecule has 33 heavy (non-hydrogen) atoms. The van der Waals surface area contributed by atoms with Gasteiger partial charge in [0.05, 0.1) is 22.4 Å². The largest absolute Gasteiger partial charge is 0.426 e. The van der Waals surface area contributed by atoms with Gasteiger partial charge in [-0.3, -0.25) is 4.79 Å². The second-order valence-corrected chi connectivity index (χ2v) is 10.6. The van der Waals surface area contributed by atoms with Crippen LogP contribution in [0.3, 0.4) is 0 Å². The Bertz CT molecular complexity index is 1490. The standard InChI is InChI=1S/C29H28N2O2/c1-17-14-22-23(15-18(17)2)31-25-24(30-22)28(5)12-13-29(25,27(28,3)4)26(32)33-21-11-10-19-8-6-7-9-20(19)16-21/h6-11,14-16H,12-13H2,1-5H3. The number of hydrogen-bond acceptors (Lipinski definition) is 4. The van der Waals surface area contributed by atoms with E-state index in [2.05, 4.69) is 52.8 Å². The van der Waals surface area contributed by atoms with E-state index >= 15 is 0 Å². The first-order valence-corrected chi connectivity index (χ1v) is 11.7. The maximum atomic E-state index is 14.0. The number of esters is 1. The SMILES string of the molecule is Cc1cc2nc3c(nc2cc1C)C1(C(=O)Oc2ccc4ccccc4c2)CCC3(C)C1(C)C. The molecule has 166 valence electrons. The molecule has 4 nitrogen and oxygen atoms in total. The van der Waals surface area contributed by atoms with Crippen LogP contribution in [0.2, 0.25) is 0 Å². The highest BCUT2D eigenvalue weighted by molar-refractivity contribution is 5.91. The Balaban J connectivity index is 1.51. The van der Waals surface area contributed by atoms with Gasteiger partial charge in [-0.15, -0.1) is 0 Å². The van der Waals surface area contributed by atoms with E-state index in [4.69, 9.17) is 14.7 Å². The number of rotatable bonds is 2. The molecule has 2 atom stereocenters. The van der Waals surface area contributed by atoms with Crippen LogP contribution in [0.4, 0.5) is 0 Å². The average molecular weight is 437 g/mol. The number of fused-ring (bicyclic) bond motifs is 7. The molecule has 2 aliphatic carbocycles. The van der Waals surface area contributed by atoms with Crippen LogP contribution in [-0.4, -0.2) is 15.9 Å². The van der Waals surface area contributed by atoms with Crippen LogP contribution >= 0.6 is 0 Å². The Morgan fingerprint density at radius 2 is 1.45 bits per heavy atom. The van der Waals surface area contributed by atoms with Gasteiger partial charge in [-0.05, 0) is 78.3 Å². The van der Waals surface area contributed by atoms with Crippen LogP contribution in [0.5, 0.6) is 5.75 Å². The van der Waals surface area contributed by atoms with Crippen LogP contribution in [0.15, 0.2) is 54.6 Å². The molecule has 1 heterocycles. The van der Waals surface area contributed by atoms with E-state index in [0.29, 0.717) is 5.75 Å². The van der Waals surface area contributed by atoms with Crippen LogP contribution in [0, 0.1) is 19.3 Å². The van der Waals surface area contributed by atoms with Crippen molar-refractivity contribution in [1.29, 1.82) is 0 Å². The van der Waals surface area contributed by atoms with Gasteiger partial charge < -0.3 is 4.74 Å². The fourth-order valence-corrected chi connectivity index (χ4v) is 6.24. The number of ether oxygens (including phenoxy) is 1. The van der Waals surface area contributed by atoms with Crippen molar-refractivity contribution in [3.05, 3.63) is 77.1 Å². The van der Waals surface area contributed by atoms with Crippen molar-refractivity contribution in [3.8, 4) is 5.75 Å². The zero-order valence-electron chi connectivity index (χ0n) is 19.8. The normalized spacial score (nSPS) is 24.9. The molecule has 0 N–H and O–H groups in total. The number of benzene rings is 3. The summed E-state index contributed by atoms with van der Waals surface area (Å²) in [5.74, 6) is 0.355. The van der Waals surface area contributed by atoms with Crippen molar-refractivity contribution in [3.63, 3.8) is 0 Å². The Morgan fingerprint density at radius 3 is 2.15 bits per heavy atom. The number of aromatic nitrogens is 2. The molecule has 0 spiro atoms. The van der Waals surface area contributed by atoms with Gasteiger partial charge in [0.2, 0.25) is 0 Å². The van der Waals surface area contributed by atoms with Gasteiger partial charge in [-0.2, -0.15) is 0 Å². The predicted molar refractivity (Wildman–Crippen MR) is 131 cm³/mol. The molecular formula is C29H28N2O2. The fourth-order valence-electron chi connectivity index (χ4n) is 6.24. The lowest BCUT2D eigenvalue weighted by Gasteiger charge is -2.38. The molecule has 2 bridgehead atoms. The van der Waals surface area contributed by atoms with Crippen LogP contribution in [0.1, 0.15) is 56.1 Å². The third kappa shape index (κ3) is 2.44. The summed E-state index contributed by atoms with van der Waals surface area (Å²) in [6, 6.07) is 18.1.